The lowest BCUT2D eigenvalue weighted by atomic mass is 10.2. The van der Waals surface area contributed by atoms with Crippen LogP contribution in [0.1, 0.15) is 6.92 Å². The lowest BCUT2D eigenvalue weighted by Crippen LogP contribution is -2.20. The molecule has 0 heterocycles. The van der Waals surface area contributed by atoms with E-state index in [-0.39, 0.29) is 18.4 Å². The standard InChI is InChI=1S/C16H14BrFN2O3/c1-10(21)19-12-3-5-13(6-4-12)20-16(22)9-23-15-7-2-11(18)8-14(15)17/h2-8H,9H2,1H3,(H,19,21)(H,20,22). The molecule has 2 aromatic carbocycles. The van der Waals surface area contributed by atoms with Crippen molar-refractivity contribution in [3.05, 3.63) is 52.8 Å². The number of hydrogen-bond donors (Lipinski definition) is 2. The first kappa shape index (κ1) is 17.0. The summed E-state index contributed by atoms with van der Waals surface area (Å²) in [4.78, 5) is 22.8. The summed E-state index contributed by atoms with van der Waals surface area (Å²) in [6, 6.07) is 10.6. The minimum absolute atomic E-state index is 0.167. The third-order valence-corrected chi connectivity index (χ3v) is 3.36. The summed E-state index contributed by atoms with van der Waals surface area (Å²) in [6.07, 6.45) is 0. The quantitative estimate of drug-likeness (QED) is 0.832. The zero-order valence-corrected chi connectivity index (χ0v) is 13.8. The Hall–Kier alpha value is -2.41. The molecule has 120 valence electrons. The minimum Gasteiger partial charge on any atom is -0.483 e. The van der Waals surface area contributed by atoms with Crippen molar-refractivity contribution in [2.24, 2.45) is 0 Å². The average Bonchev–Trinajstić information content (AvgIpc) is 2.48. The van der Waals surface area contributed by atoms with Crippen LogP contribution in [-0.4, -0.2) is 18.4 Å². The zero-order chi connectivity index (χ0) is 16.8. The maximum atomic E-state index is 13.0. The molecule has 2 amide bonds. The first-order chi connectivity index (χ1) is 10.9. The summed E-state index contributed by atoms with van der Waals surface area (Å²) in [5.41, 5.74) is 1.22. The van der Waals surface area contributed by atoms with Gasteiger partial charge in [0.1, 0.15) is 11.6 Å². The third-order valence-electron chi connectivity index (χ3n) is 2.74. The van der Waals surface area contributed by atoms with Crippen LogP contribution < -0.4 is 15.4 Å². The van der Waals surface area contributed by atoms with Crippen molar-refractivity contribution in [3.63, 3.8) is 0 Å². The number of nitrogens with one attached hydrogen (secondary N) is 2. The van der Waals surface area contributed by atoms with Gasteiger partial charge in [-0.15, -0.1) is 0 Å². The molecule has 0 atom stereocenters. The molecule has 23 heavy (non-hydrogen) atoms. The van der Waals surface area contributed by atoms with Gasteiger partial charge in [0.25, 0.3) is 5.91 Å². The highest BCUT2D eigenvalue weighted by atomic mass is 79.9. The monoisotopic (exact) mass is 380 g/mol. The molecule has 0 spiro atoms. The Morgan fingerprint density at radius 3 is 2.26 bits per heavy atom. The van der Waals surface area contributed by atoms with Crippen molar-refractivity contribution in [2.75, 3.05) is 17.2 Å². The number of halogens is 2. The predicted octanol–water partition coefficient (Wildman–Crippen LogP) is 3.56. The Morgan fingerprint density at radius 1 is 1.09 bits per heavy atom. The topological polar surface area (TPSA) is 67.4 Å². The Kier molecular flexibility index (Phi) is 5.70. The molecule has 5 nitrogen and oxygen atoms in total. The van der Waals surface area contributed by atoms with Crippen LogP contribution in [0.15, 0.2) is 46.9 Å². The molecule has 0 aliphatic carbocycles. The van der Waals surface area contributed by atoms with Gasteiger partial charge in [-0.25, -0.2) is 4.39 Å². The molecule has 0 bridgehead atoms. The Morgan fingerprint density at radius 2 is 1.70 bits per heavy atom. The number of carbonyl (C=O) groups excluding carboxylic acids is 2. The van der Waals surface area contributed by atoms with Crippen molar-refractivity contribution in [3.8, 4) is 5.75 Å². The van der Waals surface area contributed by atoms with Gasteiger partial charge in [-0.05, 0) is 58.4 Å². The van der Waals surface area contributed by atoms with E-state index in [0.717, 1.165) is 0 Å². The van der Waals surface area contributed by atoms with E-state index in [1.54, 1.807) is 24.3 Å². The third kappa shape index (κ3) is 5.37. The second-order valence-electron chi connectivity index (χ2n) is 4.67. The molecule has 7 heteroatoms. The van der Waals surface area contributed by atoms with Gasteiger partial charge in [0.2, 0.25) is 5.91 Å². The molecule has 0 aliphatic rings. The number of hydrogen-bond acceptors (Lipinski definition) is 3. The highest BCUT2D eigenvalue weighted by Gasteiger charge is 2.07. The zero-order valence-electron chi connectivity index (χ0n) is 12.2. The summed E-state index contributed by atoms with van der Waals surface area (Å²) >= 11 is 3.16. The fraction of sp³-hybridized carbons (Fsp3) is 0.125. The van der Waals surface area contributed by atoms with Crippen molar-refractivity contribution in [1.82, 2.24) is 0 Å². The maximum absolute atomic E-state index is 13.0. The Labute approximate surface area is 141 Å². The first-order valence-corrected chi connectivity index (χ1v) is 7.48. The van der Waals surface area contributed by atoms with E-state index in [9.17, 15) is 14.0 Å². The van der Waals surface area contributed by atoms with Crippen LogP contribution >= 0.6 is 15.9 Å². The van der Waals surface area contributed by atoms with E-state index in [4.69, 9.17) is 4.74 Å². The largest absolute Gasteiger partial charge is 0.483 e. The molecule has 0 aromatic heterocycles. The molecule has 0 unspecified atom stereocenters. The summed E-state index contributed by atoms with van der Waals surface area (Å²) < 4.78 is 18.7. The summed E-state index contributed by atoms with van der Waals surface area (Å²) in [5, 5.41) is 5.29. The van der Waals surface area contributed by atoms with Gasteiger partial charge in [-0.1, -0.05) is 0 Å². The maximum Gasteiger partial charge on any atom is 0.262 e. The van der Waals surface area contributed by atoms with Crippen LogP contribution in [0.25, 0.3) is 0 Å². The van der Waals surface area contributed by atoms with Gasteiger partial charge in [0.05, 0.1) is 4.47 Å². The van der Waals surface area contributed by atoms with E-state index in [1.807, 2.05) is 0 Å². The van der Waals surface area contributed by atoms with Crippen molar-refractivity contribution >= 4 is 39.1 Å². The number of rotatable bonds is 5. The van der Waals surface area contributed by atoms with Gasteiger partial charge < -0.3 is 15.4 Å². The SMILES string of the molecule is CC(=O)Nc1ccc(NC(=O)COc2ccc(F)cc2Br)cc1. The van der Waals surface area contributed by atoms with Crippen molar-refractivity contribution < 1.29 is 18.7 Å². The summed E-state index contributed by atoms with van der Waals surface area (Å²) in [7, 11) is 0. The number of amides is 2. The highest BCUT2D eigenvalue weighted by molar-refractivity contribution is 9.10. The lowest BCUT2D eigenvalue weighted by Gasteiger charge is -2.09. The smallest absolute Gasteiger partial charge is 0.262 e. The molecule has 2 aromatic rings. The number of ether oxygens (including phenoxy) is 1. The molecular formula is C16H14BrFN2O3. The van der Waals surface area contributed by atoms with Crippen LogP contribution in [-0.2, 0) is 9.59 Å². The molecule has 2 N–H and O–H groups in total. The first-order valence-electron chi connectivity index (χ1n) is 6.69. The Balaban J connectivity index is 1.88. The molecule has 0 aliphatic heterocycles. The number of anilines is 2. The van der Waals surface area contributed by atoms with Crippen LogP contribution in [0.2, 0.25) is 0 Å². The van der Waals surface area contributed by atoms with Crippen LogP contribution in [0.4, 0.5) is 15.8 Å². The van der Waals surface area contributed by atoms with E-state index in [1.165, 1.54) is 25.1 Å². The molecular weight excluding hydrogens is 367 g/mol. The number of benzene rings is 2. The molecule has 0 saturated heterocycles. The van der Waals surface area contributed by atoms with E-state index in [2.05, 4.69) is 26.6 Å². The normalized spacial score (nSPS) is 10.0. The van der Waals surface area contributed by atoms with Crippen LogP contribution in [0, 0.1) is 5.82 Å². The van der Waals surface area contributed by atoms with Gasteiger partial charge in [-0.2, -0.15) is 0 Å². The Bertz CT molecular complexity index is 720. The minimum atomic E-state index is -0.395. The van der Waals surface area contributed by atoms with Crippen LogP contribution in [0.5, 0.6) is 5.75 Å². The van der Waals surface area contributed by atoms with E-state index < -0.39 is 5.82 Å². The fourth-order valence-electron chi connectivity index (χ4n) is 1.77. The second kappa shape index (κ2) is 7.73. The molecule has 0 radical (unpaired) electrons. The summed E-state index contributed by atoms with van der Waals surface area (Å²) in [5.74, 6) is -0.538. The highest BCUT2D eigenvalue weighted by Crippen LogP contribution is 2.25. The van der Waals surface area contributed by atoms with E-state index >= 15 is 0 Å². The van der Waals surface area contributed by atoms with Crippen molar-refractivity contribution in [1.29, 1.82) is 0 Å². The van der Waals surface area contributed by atoms with E-state index in [0.29, 0.717) is 21.6 Å². The molecule has 2 rings (SSSR count). The van der Waals surface area contributed by atoms with Gasteiger partial charge >= 0.3 is 0 Å². The van der Waals surface area contributed by atoms with Crippen LogP contribution in [0.3, 0.4) is 0 Å². The fourth-order valence-corrected chi connectivity index (χ4v) is 2.24. The molecule has 0 fully saturated rings. The van der Waals surface area contributed by atoms with Gasteiger partial charge in [-0.3, -0.25) is 9.59 Å². The van der Waals surface area contributed by atoms with Crippen molar-refractivity contribution in [2.45, 2.75) is 6.92 Å². The summed E-state index contributed by atoms with van der Waals surface area (Å²) in [6.45, 7) is 1.21. The van der Waals surface area contributed by atoms with Gasteiger partial charge in [0, 0.05) is 18.3 Å². The number of carbonyl (C=O) groups is 2. The second-order valence-corrected chi connectivity index (χ2v) is 5.52. The van der Waals surface area contributed by atoms with Gasteiger partial charge in [0.15, 0.2) is 6.61 Å². The average molecular weight is 381 g/mol. The predicted molar refractivity (Wildman–Crippen MR) is 89.0 cm³/mol. The lowest BCUT2D eigenvalue weighted by molar-refractivity contribution is -0.118. The molecule has 0 saturated carbocycles.